The number of anilines is 1. The van der Waals surface area contributed by atoms with Crippen LogP contribution in [0.2, 0.25) is 0 Å². The standard InChI is InChI=1S/C15H14F2N2O/c1-19(9-10-3-2-4-12(16)7-10)15(20)11-5-6-13(17)14(18)8-11/h2-8H,9,18H2,1H3. The Bertz CT molecular complexity index is 644. The van der Waals surface area contributed by atoms with Gasteiger partial charge in [-0.25, -0.2) is 8.78 Å². The van der Waals surface area contributed by atoms with Gasteiger partial charge in [0.15, 0.2) is 0 Å². The van der Waals surface area contributed by atoms with Crippen molar-refractivity contribution >= 4 is 11.6 Å². The van der Waals surface area contributed by atoms with Crippen LogP contribution >= 0.6 is 0 Å². The Kier molecular flexibility index (Phi) is 3.98. The Hall–Kier alpha value is -2.43. The van der Waals surface area contributed by atoms with E-state index in [0.29, 0.717) is 11.1 Å². The summed E-state index contributed by atoms with van der Waals surface area (Å²) in [6.07, 6.45) is 0. The lowest BCUT2D eigenvalue weighted by molar-refractivity contribution is 0.0785. The van der Waals surface area contributed by atoms with E-state index in [1.165, 1.54) is 29.2 Å². The fraction of sp³-hybridized carbons (Fsp3) is 0.133. The Morgan fingerprint density at radius 2 is 1.95 bits per heavy atom. The molecule has 0 fully saturated rings. The number of amides is 1. The summed E-state index contributed by atoms with van der Waals surface area (Å²) in [5.41, 5.74) is 6.33. The van der Waals surface area contributed by atoms with E-state index in [1.807, 2.05) is 0 Å². The number of carbonyl (C=O) groups is 1. The van der Waals surface area contributed by atoms with Gasteiger partial charge in [-0.1, -0.05) is 12.1 Å². The first-order valence-corrected chi connectivity index (χ1v) is 6.02. The number of halogens is 2. The fourth-order valence-corrected chi connectivity index (χ4v) is 1.88. The maximum absolute atomic E-state index is 13.1. The van der Waals surface area contributed by atoms with Crippen LogP contribution in [0.3, 0.4) is 0 Å². The molecule has 1 amide bonds. The van der Waals surface area contributed by atoms with Crippen molar-refractivity contribution in [3.63, 3.8) is 0 Å². The van der Waals surface area contributed by atoms with E-state index in [2.05, 4.69) is 0 Å². The molecule has 5 heteroatoms. The summed E-state index contributed by atoms with van der Waals surface area (Å²) < 4.78 is 26.1. The molecule has 0 atom stereocenters. The van der Waals surface area contributed by atoms with Crippen molar-refractivity contribution in [3.8, 4) is 0 Å². The van der Waals surface area contributed by atoms with E-state index < -0.39 is 5.82 Å². The van der Waals surface area contributed by atoms with Crippen LogP contribution in [0.4, 0.5) is 14.5 Å². The molecule has 20 heavy (non-hydrogen) atoms. The second-order valence-corrected chi connectivity index (χ2v) is 4.53. The van der Waals surface area contributed by atoms with Gasteiger partial charge >= 0.3 is 0 Å². The molecule has 0 saturated carbocycles. The fourth-order valence-electron chi connectivity index (χ4n) is 1.88. The minimum Gasteiger partial charge on any atom is -0.396 e. The lowest BCUT2D eigenvalue weighted by atomic mass is 10.1. The predicted octanol–water partition coefficient (Wildman–Crippen LogP) is 2.82. The average Bonchev–Trinajstić information content (AvgIpc) is 2.41. The molecule has 0 unspecified atom stereocenters. The van der Waals surface area contributed by atoms with Gasteiger partial charge in [0.2, 0.25) is 0 Å². The first-order valence-electron chi connectivity index (χ1n) is 6.02. The van der Waals surface area contributed by atoms with Crippen molar-refractivity contribution in [1.29, 1.82) is 0 Å². The molecule has 0 aliphatic heterocycles. The van der Waals surface area contributed by atoms with Gasteiger partial charge in [-0.2, -0.15) is 0 Å². The molecule has 0 spiro atoms. The van der Waals surface area contributed by atoms with Gasteiger partial charge < -0.3 is 10.6 Å². The Balaban J connectivity index is 2.14. The molecule has 2 rings (SSSR count). The van der Waals surface area contributed by atoms with Crippen molar-refractivity contribution in [1.82, 2.24) is 4.90 Å². The summed E-state index contributed by atoms with van der Waals surface area (Å²) in [7, 11) is 1.59. The highest BCUT2D eigenvalue weighted by Gasteiger charge is 2.13. The second-order valence-electron chi connectivity index (χ2n) is 4.53. The predicted molar refractivity (Wildman–Crippen MR) is 73.0 cm³/mol. The maximum atomic E-state index is 13.1. The summed E-state index contributed by atoms with van der Waals surface area (Å²) in [6.45, 7) is 0.258. The van der Waals surface area contributed by atoms with Gasteiger partial charge in [-0.05, 0) is 35.9 Å². The third-order valence-electron chi connectivity index (χ3n) is 2.90. The van der Waals surface area contributed by atoms with Crippen LogP contribution in [-0.4, -0.2) is 17.9 Å². The van der Waals surface area contributed by atoms with Crippen molar-refractivity contribution in [2.75, 3.05) is 12.8 Å². The van der Waals surface area contributed by atoms with Gasteiger partial charge in [0.05, 0.1) is 5.69 Å². The molecule has 0 aliphatic carbocycles. The zero-order chi connectivity index (χ0) is 14.7. The number of nitrogen functional groups attached to an aromatic ring is 1. The third-order valence-corrected chi connectivity index (χ3v) is 2.90. The largest absolute Gasteiger partial charge is 0.396 e. The third kappa shape index (κ3) is 3.12. The Labute approximate surface area is 115 Å². The highest BCUT2D eigenvalue weighted by atomic mass is 19.1. The molecule has 0 aromatic heterocycles. The lowest BCUT2D eigenvalue weighted by Gasteiger charge is -2.17. The van der Waals surface area contributed by atoms with Crippen molar-refractivity contribution < 1.29 is 13.6 Å². The Morgan fingerprint density at radius 3 is 2.60 bits per heavy atom. The summed E-state index contributed by atoms with van der Waals surface area (Å²) in [4.78, 5) is 13.6. The van der Waals surface area contributed by atoms with Crippen molar-refractivity contribution in [3.05, 3.63) is 65.2 Å². The van der Waals surface area contributed by atoms with Gasteiger partial charge in [0, 0.05) is 19.2 Å². The number of nitrogens with two attached hydrogens (primary N) is 1. The topological polar surface area (TPSA) is 46.3 Å². The van der Waals surface area contributed by atoms with E-state index in [0.717, 1.165) is 6.07 Å². The van der Waals surface area contributed by atoms with Crippen LogP contribution in [-0.2, 0) is 6.54 Å². The molecule has 2 aromatic carbocycles. The van der Waals surface area contributed by atoms with Crippen LogP contribution in [0, 0.1) is 11.6 Å². The molecular weight excluding hydrogens is 262 g/mol. The average molecular weight is 276 g/mol. The Morgan fingerprint density at radius 1 is 1.20 bits per heavy atom. The number of carbonyl (C=O) groups excluding carboxylic acids is 1. The SMILES string of the molecule is CN(Cc1cccc(F)c1)C(=O)c1ccc(F)c(N)c1. The van der Waals surface area contributed by atoms with E-state index in [-0.39, 0.29) is 24.0 Å². The summed E-state index contributed by atoms with van der Waals surface area (Å²) in [5, 5.41) is 0. The number of hydrogen-bond donors (Lipinski definition) is 1. The molecule has 0 bridgehead atoms. The van der Waals surface area contributed by atoms with E-state index in [9.17, 15) is 13.6 Å². The smallest absolute Gasteiger partial charge is 0.253 e. The van der Waals surface area contributed by atoms with Gasteiger partial charge in [-0.15, -0.1) is 0 Å². The second kappa shape index (κ2) is 5.69. The molecule has 0 heterocycles. The first-order chi connectivity index (χ1) is 9.47. The number of benzene rings is 2. The quantitative estimate of drug-likeness (QED) is 0.876. The van der Waals surface area contributed by atoms with E-state index in [4.69, 9.17) is 5.73 Å². The summed E-state index contributed by atoms with van der Waals surface area (Å²) in [5.74, 6) is -1.22. The number of nitrogens with zero attached hydrogens (tertiary/aromatic N) is 1. The molecular formula is C15H14F2N2O. The molecule has 2 N–H and O–H groups in total. The highest BCUT2D eigenvalue weighted by Crippen LogP contribution is 2.15. The van der Waals surface area contributed by atoms with Crippen molar-refractivity contribution in [2.24, 2.45) is 0 Å². The zero-order valence-electron chi connectivity index (χ0n) is 10.9. The lowest BCUT2D eigenvalue weighted by Crippen LogP contribution is -2.26. The van der Waals surface area contributed by atoms with Crippen LogP contribution in [0.1, 0.15) is 15.9 Å². The van der Waals surface area contributed by atoms with Crippen molar-refractivity contribution in [2.45, 2.75) is 6.54 Å². The van der Waals surface area contributed by atoms with E-state index in [1.54, 1.807) is 19.2 Å². The number of hydrogen-bond acceptors (Lipinski definition) is 2. The first kappa shape index (κ1) is 14.0. The molecule has 2 aromatic rings. The van der Waals surface area contributed by atoms with Crippen LogP contribution in [0.25, 0.3) is 0 Å². The summed E-state index contributed by atoms with van der Waals surface area (Å²) >= 11 is 0. The number of rotatable bonds is 3. The zero-order valence-corrected chi connectivity index (χ0v) is 10.9. The molecule has 104 valence electrons. The monoisotopic (exact) mass is 276 g/mol. The normalized spacial score (nSPS) is 10.3. The van der Waals surface area contributed by atoms with Crippen LogP contribution in [0.15, 0.2) is 42.5 Å². The highest BCUT2D eigenvalue weighted by molar-refractivity contribution is 5.94. The molecule has 0 saturated heterocycles. The van der Waals surface area contributed by atoms with Gasteiger partial charge in [0.25, 0.3) is 5.91 Å². The minimum atomic E-state index is -0.561. The molecule has 3 nitrogen and oxygen atoms in total. The minimum absolute atomic E-state index is 0.0741. The van der Waals surface area contributed by atoms with Crippen LogP contribution in [0.5, 0.6) is 0 Å². The maximum Gasteiger partial charge on any atom is 0.253 e. The molecule has 0 aliphatic rings. The van der Waals surface area contributed by atoms with Gasteiger partial charge in [-0.3, -0.25) is 4.79 Å². The van der Waals surface area contributed by atoms with E-state index >= 15 is 0 Å². The van der Waals surface area contributed by atoms with Gasteiger partial charge in [0.1, 0.15) is 11.6 Å². The molecule has 0 radical (unpaired) electrons. The summed E-state index contributed by atoms with van der Waals surface area (Å²) in [6, 6.07) is 9.83. The van der Waals surface area contributed by atoms with Crippen LogP contribution < -0.4 is 5.73 Å².